The van der Waals surface area contributed by atoms with Gasteiger partial charge in [-0.05, 0) is 29.7 Å². The lowest BCUT2D eigenvalue weighted by Gasteiger charge is -2.03. The Morgan fingerprint density at radius 3 is 2.50 bits per heavy atom. The zero-order chi connectivity index (χ0) is 13.4. The van der Waals surface area contributed by atoms with Crippen LogP contribution in [0.5, 0.6) is 0 Å². The van der Waals surface area contributed by atoms with Crippen LogP contribution in [0, 0.1) is 4.91 Å². The van der Waals surface area contributed by atoms with Crippen molar-refractivity contribution in [1.82, 2.24) is 0 Å². The van der Waals surface area contributed by atoms with Gasteiger partial charge in [-0.3, -0.25) is 0 Å². The summed E-state index contributed by atoms with van der Waals surface area (Å²) in [6, 6.07) is 7.06. The molecule has 0 bridgehead atoms. The van der Waals surface area contributed by atoms with Crippen LogP contribution in [0.2, 0.25) is 0 Å². The van der Waals surface area contributed by atoms with Crippen molar-refractivity contribution in [2.24, 2.45) is 5.18 Å². The van der Waals surface area contributed by atoms with Crippen molar-refractivity contribution in [2.45, 2.75) is 19.8 Å². The monoisotopic (exact) mass is 247 g/mol. The summed E-state index contributed by atoms with van der Waals surface area (Å²) in [6.07, 6.45) is 3.76. The Bertz CT molecular complexity index is 435. The first kappa shape index (κ1) is 14.1. The number of nitroso groups, excluding NO2 is 1. The molecule has 0 N–H and O–H groups in total. The van der Waals surface area contributed by atoms with Gasteiger partial charge in [-0.15, -0.1) is 0 Å². The third-order valence-electron chi connectivity index (χ3n) is 2.54. The third kappa shape index (κ3) is 4.13. The van der Waals surface area contributed by atoms with E-state index in [4.69, 9.17) is 0 Å². The molecule has 1 rings (SSSR count). The average molecular weight is 247 g/mol. The summed E-state index contributed by atoms with van der Waals surface area (Å²) in [4.78, 5) is 21.6. The molecule has 0 heterocycles. The summed E-state index contributed by atoms with van der Waals surface area (Å²) in [6.45, 7) is 2.27. The molecule has 0 unspecified atom stereocenters. The van der Waals surface area contributed by atoms with E-state index in [0.717, 1.165) is 24.0 Å². The number of esters is 1. The summed E-state index contributed by atoms with van der Waals surface area (Å²) in [5, 5.41) is 2.92. The fraction of sp³-hybridized carbons (Fsp3) is 0.357. The van der Waals surface area contributed by atoms with Crippen molar-refractivity contribution < 1.29 is 9.53 Å². The van der Waals surface area contributed by atoms with E-state index in [-0.39, 0.29) is 12.5 Å². The van der Waals surface area contributed by atoms with Crippen molar-refractivity contribution in [2.75, 3.05) is 13.7 Å². The van der Waals surface area contributed by atoms with Gasteiger partial charge >= 0.3 is 5.97 Å². The lowest BCUT2D eigenvalue weighted by molar-refractivity contribution is 0.0601. The quantitative estimate of drug-likeness (QED) is 0.571. The number of carbonyl (C=O) groups excluding carboxylic acids is 1. The molecular formula is C14H17NO3. The molecule has 0 spiro atoms. The smallest absolute Gasteiger partial charge is 0.337 e. The van der Waals surface area contributed by atoms with Crippen LogP contribution in [-0.4, -0.2) is 19.6 Å². The lowest BCUT2D eigenvalue weighted by Crippen LogP contribution is -2.00. The summed E-state index contributed by atoms with van der Waals surface area (Å²) in [7, 11) is 1.35. The molecule has 0 saturated carbocycles. The standard InChI is InChI=1S/C14H17NO3/c1-3-4-12(10-15-17)9-11-5-7-13(8-6-11)14(16)18-2/h5-9H,3-4,10H2,1-2H3/b12-9+. The molecule has 0 aliphatic heterocycles. The van der Waals surface area contributed by atoms with E-state index >= 15 is 0 Å². The van der Waals surface area contributed by atoms with Gasteiger partial charge in [0.2, 0.25) is 0 Å². The Kier molecular flexibility index (Phi) is 5.77. The Labute approximate surface area is 107 Å². The summed E-state index contributed by atoms with van der Waals surface area (Å²) < 4.78 is 4.62. The predicted molar refractivity (Wildman–Crippen MR) is 71.3 cm³/mol. The molecule has 0 aliphatic carbocycles. The van der Waals surface area contributed by atoms with Crippen LogP contribution in [0.15, 0.2) is 35.0 Å². The highest BCUT2D eigenvalue weighted by Gasteiger charge is 2.04. The van der Waals surface area contributed by atoms with Crippen molar-refractivity contribution in [3.63, 3.8) is 0 Å². The van der Waals surface area contributed by atoms with E-state index in [1.165, 1.54) is 7.11 Å². The van der Waals surface area contributed by atoms with Gasteiger partial charge in [0.1, 0.15) is 6.54 Å². The number of benzene rings is 1. The minimum atomic E-state index is -0.353. The minimum Gasteiger partial charge on any atom is -0.465 e. The first-order chi connectivity index (χ1) is 8.71. The van der Waals surface area contributed by atoms with E-state index in [2.05, 4.69) is 16.8 Å². The highest BCUT2D eigenvalue weighted by molar-refractivity contribution is 5.89. The van der Waals surface area contributed by atoms with Crippen LogP contribution in [-0.2, 0) is 4.74 Å². The molecule has 0 aromatic heterocycles. The normalized spacial score (nSPS) is 11.1. The van der Waals surface area contributed by atoms with Crippen molar-refractivity contribution in [3.05, 3.63) is 45.9 Å². The van der Waals surface area contributed by atoms with Crippen LogP contribution >= 0.6 is 0 Å². The van der Waals surface area contributed by atoms with Gasteiger partial charge in [-0.1, -0.05) is 36.7 Å². The zero-order valence-corrected chi connectivity index (χ0v) is 10.7. The van der Waals surface area contributed by atoms with Gasteiger partial charge in [-0.2, -0.15) is 4.91 Å². The molecule has 0 aliphatic rings. The number of hydrogen-bond donors (Lipinski definition) is 0. The average Bonchev–Trinajstić information content (AvgIpc) is 2.39. The maximum absolute atomic E-state index is 11.3. The van der Waals surface area contributed by atoms with E-state index < -0.39 is 0 Å². The molecule has 0 atom stereocenters. The van der Waals surface area contributed by atoms with Crippen LogP contribution in [0.3, 0.4) is 0 Å². The van der Waals surface area contributed by atoms with E-state index in [1.54, 1.807) is 12.1 Å². The van der Waals surface area contributed by atoms with Crippen LogP contribution in [0.4, 0.5) is 0 Å². The summed E-state index contributed by atoms with van der Waals surface area (Å²) >= 11 is 0. The summed E-state index contributed by atoms with van der Waals surface area (Å²) in [5.41, 5.74) is 2.47. The van der Waals surface area contributed by atoms with Gasteiger partial charge in [0.15, 0.2) is 0 Å². The van der Waals surface area contributed by atoms with Crippen molar-refractivity contribution in [3.8, 4) is 0 Å². The number of carbonyl (C=O) groups is 1. The number of rotatable bonds is 6. The van der Waals surface area contributed by atoms with Gasteiger partial charge in [-0.25, -0.2) is 4.79 Å². The second kappa shape index (κ2) is 7.37. The maximum atomic E-state index is 11.3. The van der Waals surface area contributed by atoms with E-state index in [0.29, 0.717) is 5.56 Å². The highest BCUT2D eigenvalue weighted by Crippen LogP contribution is 2.13. The maximum Gasteiger partial charge on any atom is 0.337 e. The minimum absolute atomic E-state index is 0.215. The van der Waals surface area contributed by atoms with E-state index in [9.17, 15) is 9.70 Å². The molecular weight excluding hydrogens is 230 g/mol. The van der Waals surface area contributed by atoms with Gasteiger partial charge in [0, 0.05) is 0 Å². The first-order valence-corrected chi connectivity index (χ1v) is 5.88. The molecule has 0 saturated heterocycles. The molecule has 0 radical (unpaired) electrons. The Hall–Kier alpha value is -1.97. The molecule has 4 nitrogen and oxygen atoms in total. The van der Waals surface area contributed by atoms with Crippen LogP contribution < -0.4 is 0 Å². The second-order valence-electron chi connectivity index (χ2n) is 3.95. The molecule has 1 aromatic carbocycles. The fourth-order valence-electron chi connectivity index (χ4n) is 1.67. The topological polar surface area (TPSA) is 55.7 Å². The van der Waals surface area contributed by atoms with Crippen LogP contribution in [0.1, 0.15) is 35.7 Å². The number of nitrogens with zero attached hydrogens (tertiary/aromatic N) is 1. The molecule has 96 valence electrons. The fourth-order valence-corrected chi connectivity index (χ4v) is 1.67. The summed E-state index contributed by atoms with van der Waals surface area (Å²) in [5.74, 6) is -0.353. The molecule has 18 heavy (non-hydrogen) atoms. The third-order valence-corrected chi connectivity index (χ3v) is 2.54. The van der Waals surface area contributed by atoms with Gasteiger partial charge in [0.05, 0.1) is 12.7 Å². The lowest BCUT2D eigenvalue weighted by atomic mass is 10.1. The van der Waals surface area contributed by atoms with Gasteiger partial charge in [0.25, 0.3) is 0 Å². The highest BCUT2D eigenvalue weighted by atomic mass is 16.5. The molecule has 0 amide bonds. The van der Waals surface area contributed by atoms with Crippen LogP contribution in [0.25, 0.3) is 6.08 Å². The predicted octanol–water partition coefficient (Wildman–Crippen LogP) is 3.42. The largest absolute Gasteiger partial charge is 0.465 e. The molecule has 0 fully saturated rings. The number of hydrogen-bond acceptors (Lipinski definition) is 4. The SMILES string of the molecule is CCC/C(=C\c1ccc(C(=O)OC)cc1)CN=O. The first-order valence-electron chi connectivity index (χ1n) is 5.88. The zero-order valence-electron chi connectivity index (χ0n) is 10.7. The number of ether oxygens (including phenoxy) is 1. The Morgan fingerprint density at radius 1 is 1.33 bits per heavy atom. The molecule has 1 aromatic rings. The number of methoxy groups -OCH3 is 1. The Morgan fingerprint density at radius 2 is 2.00 bits per heavy atom. The molecule has 4 heteroatoms. The Balaban J connectivity index is 2.86. The van der Waals surface area contributed by atoms with Gasteiger partial charge < -0.3 is 4.74 Å². The second-order valence-corrected chi connectivity index (χ2v) is 3.95. The van der Waals surface area contributed by atoms with Crippen molar-refractivity contribution in [1.29, 1.82) is 0 Å². The van der Waals surface area contributed by atoms with E-state index in [1.807, 2.05) is 18.2 Å². The van der Waals surface area contributed by atoms with Crippen molar-refractivity contribution >= 4 is 12.0 Å².